The van der Waals surface area contributed by atoms with Crippen molar-refractivity contribution in [1.82, 2.24) is 0 Å². The second-order valence-electron chi connectivity index (χ2n) is 23.6. The standard InChI is InChI=1S/C11H18N2O8.2C4H5NO4.6C4H9NO2.2C4H4O4.C4H2O3.C4H8O2.7C3H6O2.2CH4.2H2O/c1-3-11(10(18)19,4-6(14)20-12)7(8(15)16)5(2)9(17)21-13;2*5-9-4(8)2-1-3(6)7;6*1-2-3-4(6)7-5;2*5-3(6)1-2-4(7)8;5-3-1-2-4(6)7-3;1-2-3-4(5)6;7*1-2-3(4)5;;;;/h5,7H,3-4,12-13H2,1-2H3,(H,15,16)(H,18,19);2*1-2H,5H2,(H,6,7);6*2-3,5H2,1H3;2*1-2H,(H,5,6)(H,7,8);1-2H;2-3H2,1H3,(H,5,6);7*2H2,1H3,(H,4,5);2*1H4;2*1H2/b;2*2-1-;;;;;;;2*2-1-;;;;;;;;;;;;;. The Morgan fingerprint density at radius 1 is 0.275 bits per heavy atom. The Morgan fingerprint density at radius 3 is 0.523 bits per heavy atom. The number of nitrogens with two attached hydrogens (primary N) is 10. The van der Waals surface area contributed by atoms with Crippen molar-refractivity contribution in [3.05, 3.63) is 60.8 Å². The third-order valence-corrected chi connectivity index (χ3v) is 11.8. The Hall–Kier alpha value is -16.4. The van der Waals surface area contributed by atoms with Crippen LogP contribution in [0.1, 0.15) is 273 Å². The van der Waals surface area contributed by atoms with Gasteiger partial charge in [0, 0.05) is 151 Å². The Labute approximate surface area is 854 Å². The lowest BCUT2D eigenvalue weighted by atomic mass is 9.66. The maximum Gasteiger partial charge on any atom is 0.349 e. The van der Waals surface area contributed by atoms with E-state index in [1.54, 1.807) is 48.5 Å². The summed E-state index contributed by atoms with van der Waals surface area (Å²) < 4.78 is 3.97. The molecule has 0 aromatic heterocycles. The lowest BCUT2D eigenvalue weighted by Crippen LogP contribution is -2.49. The lowest BCUT2D eigenvalue weighted by Gasteiger charge is -2.35. The van der Waals surface area contributed by atoms with Gasteiger partial charge in [-0.15, -0.1) is 0 Å². The zero-order chi connectivity index (χ0) is 119. The molecule has 0 aliphatic carbocycles. The first-order chi connectivity index (χ1) is 67.0. The molecule has 67 heteroatoms. The molecule has 1 aliphatic heterocycles. The molecule has 1 rings (SSSR count). The molecule has 0 aromatic rings. The minimum Gasteiger partial charge on any atom is -0.481 e. The minimum atomic E-state index is -2.09. The summed E-state index contributed by atoms with van der Waals surface area (Å²) in [4.78, 5) is 317. The molecule has 40 N–H and O–H groups in total. The van der Waals surface area contributed by atoms with Crippen molar-refractivity contribution >= 4 is 167 Å². The SMILES string of the molecule is C.C.CCC(=O)O.CCC(=O)O.CCC(=O)O.CCC(=O)O.CCC(=O)O.CCC(=O)O.CCC(=O)O.CCC(CC(=O)ON)(C(=O)O)C(C(=O)O)C(C)C(=O)ON.CCCC(=O)O.CCCC(=O)ON.CCCC(=O)ON.CCCC(=O)ON.CCCC(=O)ON.CCCC(=O)ON.CCCC(=O)ON.NOC(=O)/C=C\C(=O)O.NOC(=O)/C=C\C(=O)O.O.O.O=C(O)/C=C\C(=O)O.O=C(O)/C=C\C(=O)O.O=C1C=CC(=O)O1. The number of carboxylic acid groups (broad SMARTS) is 16. The van der Waals surface area contributed by atoms with Crippen LogP contribution in [0.5, 0.6) is 0 Å². The van der Waals surface area contributed by atoms with E-state index in [0.717, 1.165) is 64.0 Å². The molecule has 874 valence electrons. The predicted molar refractivity (Wildman–Crippen MR) is 509 cm³/mol. The molecule has 149 heavy (non-hydrogen) atoms. The van der Waals surface area contributed by atoms with Crippen LogP contribution in [-0.2, 0) is 187 Å². The van der Waals surface area contributed by atoms with Gasteiger partial charge in [0.05, 0.1) is 23.7 Å². The molecule has 3 unspecified atom stereocenters. The number of carbonyl (C=O) groups is 28. The smallest absolute Gasteiger partial charge is 0.349 e. The van der Waals surface area contributed by atoms with Crippen molar-refractivity contribution < 1.29 is 280 Å². The van der Waals surface area contributed by atoms with Crippen molar-refractivity contribution in [3.63, 3.8) is 0 Å². The average Bonchev–Trinajstić information content (AvgIpc) is 1.09. The summed E-state index contributed by atoms with van der Waals surface area (Å²) in [7, 11) is 0. The summed E-state index contributed by atoms with van der Waals surface area (Å²) in [5, 5.41) is 128. The number of hydrogen-bond donors (Lipinski definition) is 26. The van der Waals surface area contributed by atoms with Crippen LogP contribution in [0.2, 0.25) is 0 Å². The number of carbonyl (C=O) groups excluding carboxylic acids is 12. The van der Waals surface area contributed by atoms with Crippen molar-refractivity contribution in [2.45, 2.75) is 273 Å². The molecule has 1 aliphatic rings. The molecular weight excluding hydrogens is 2040 g/mol. The first kappa shape index (κ1) is 191. The van der Waals surface area contributed by atoms with Gasteiger partial charge in [-0.1, -0.05) is 126 Å². The van der Waals surface area contributed by atoms with Gasteiger partial charge in [0.1, 0.15) is 0 Å². The van der Waals surface area contributed by atoms with Crippen molar-refractivity contribution in [2.24, 2.45) is 76.2 Å². The summed E-state index contributed by atoms with van der Waals surface area (Å²) in [6, 6.07) is 0. The van der Waals surface area contributed by atoms with Crippen LogP contribution in [0.25, 0.3) is 0 Å². The fraction of sp³-hybridized carbons (Fsp3) is 0.537. The van der Waals surface area contributed by atoms with Gasteiger partial charge in [0.2, 0.25) is 0 Å². The predicted octanol–water partition coefficient (Wildman–Crippen LogP) is 1.25. The number of ether oxygens (including phenoxy) is 1. The van der Waals surface area contributed by atoms with Gasteiger partial charge in [-0.25, -0.2) is 47.9 Å². The zero-order valence-corrected chi connectivity index (χ0v) is 83.5. The van der Waals surface area contributed by atoms with E-state index >= 15 is 0 Å². The molecule has 0 aromatic carbocycles. The number of cyclic esters (lactones) is 2. The van der Waals surface area contributed by atoms with E-state index < -0.39 is 155 Å². The Balaban J connectivity index is -0.0000000541. The molecular formula is C82H154N10O57. The Morgan fingerprint density at radius 2 is 0.443 bits per heavy atom. The monoisotopic (exact) mass is 2190 g/mol. The molecule has 0 bridgehead atoms. The minimum absolute atomic E-state index is 0. The van der Waals surface area contributed by atoms with E-state index in [1.165, 1.54) is 6.92 Å². The van der Waals surface area contributed by atoms with Gasteiger partial charge in [0.15, 0.2) is 0 Å². The molecule has 0 saturated heterocycles. The summed E-state index contributed by atoms with van der Waals surface area (Å²) >= 11 is 0. The van der Waals surface area contributed by atoms with E-state index in [-0.39, 0.29) is 113 Å². The van der Waals surface area contributed by atoms with Crippen LogP contribution in [-0.4, -0.2) is 260 Å². The van der Waals surface area contributed by atoms with E-state index in [4.69, 9.17) is 77.4 Å². The zero-order valence-electron chi connectivity index (χ0n) is 83.5. The summed E-state index contributed by atoms with van der Waals surface area (Å²) in [6.07, 6.45) is 15.8. The first-order valence-corrected chi connectivity index (χ1v) is 40.8. The third-order valence-electron chi connectivity index (χ3n) is 11.8. The number of aliphatic carboxylic acids is 16. The largest absolute Gasteiger partial charge is 0.481 e. The van der Waals surface area contributed by atoms with Gasteiger partial charge in [-0.3, -0.25) is 86.3 Å². The van der Waals surface area contributed by atoms with Crippen molar-refractivity contribution in [2.75, 3.05) is 0 Å². The average molecular weight is 2190 g/mol. The molecule has 1 heterocycles. The van der Waals surface area contributed by atoms with Crippen LogP contribution < -0.4 is 59.0 Å². The summed E-state index contributed by atoms with van der Waals surface area (Å²) in [5.74, 6) is 18.2. The maximum absolute atomic E-state index is 11.6. The summed E-state index contributed by atoms with van der Waals surface area (Å²) in [6.45, 7) is 26.9. The highest BCUT2D eigenvalue weighted by molar-refractivity contribution is 6.05. The third kappa shape index (κ3) is 223. The van der Waals surface area contributed by atoms with Crippen molar-refractivity contribution in [3.8, 4) is 0 Å². The van der Waals surface area contributed by atoms with Crippen LogP contribution in [0.15, 0.2) is 60.8 Å². The van der Waals surface area contributed by atoms with Gasteiger partial charge in [0.25, 0.3) is 0 Å². The lowest BCUT2D eigenvalue weighted by molar-refractivity contribution is -0.176. The van der Waals surface area contributed by atoms with Crippen LogP contribution in [0.3, 0.4) is 0 Å². The quantitative estimate of drug-likeness (QED) is 0.0180. The van der Waals surface area contributed by atoms with E-state index in [9.17, 15) is 144 Å². The Kier molecular flexibility index (Phi) is 188. The van der Waals surface area contributed by atoms with Crippen LogP contribution in [0, 0.1) is 17.3 Å². The maximum atomic E-state index is 11.6. The molecule has 67 nitrogen and oxygen atoms in total. The second-order valence-corrected chi connectivity index (χ2v) is 23.6. The summed E-state index contributed by atoms with van der Waals surface area (Å²) in [5.41, 5.74) is -2.09. The van der Waals surface area contributed by atoms with E-state index in [0.29, 0.717) is 93.6 Å². The van der Waals surface area contributed by atoms with E-state index in [2.05, 4.69) is 106 Å². The number of rotatable bonds is 37. The molecule has 0 radical (unpaired) electrons. The van der Waals surface area contributed by atoms with Crippen LogP contribution >= 0.6 is 0 Å². The highest BCUT2D eigenvalue weighted by Gasteiger charge is 2.54. The normalized spacial score (nSPS) is 9.68. The first-order valence-electron chi connectivity index (χ1n) is 40.8. The number of hydrogen-bond acceptors (Lipinski definition) is 49. The van der Waals surface area contributed by atoms with Gasteiger partial charge in [-0.2, -0.15) is 59.0 Å². The molecule has 0 spiro atoms. The van der Waals surface area contributed by atoms with E-state index in [1.807, 2.05) is 48.5 Å². The number of carboxylic acids is 16. The van der Waals surface area contributed by atoms with Gasteiger partial charge >= 0.3 is 167 Å². The Bertz CT molecular complexity index is 3440. The van der Waals surface area contributed by atoms with Crippen molar-refractivity contribution in [1.29, 1.82) is 0 Å². The second kappa shape index (κ2) is 147. The molecule has 3 atom stereocenters. The van der Waals surface area contributed by atoms with Gasteiger partial charge in [-0.05, 0) is 51.4 Å². The fourth-order valence-electron chi connectivity index (χ4n) is 5.02. The topological polar surface area (TPSA) is 1230 Å². The molecule has 0 amide bonds. The molecule has 0 saturated carbocycles. The van der Waals surface area contributed by atoms with Gasteiger partial charge < -0.3 is 146 Å². The molecule has 0 fully saturated rings. The highest BCUT2D eigenvalue weighted by atomic mass is 16.7. The number of esters is 2. The fourth-order valence-corrected chi connectivity index (χ4v) is 5.02. The highest BCUT2D eigenvalue weighted by Crippen LogP contribution is 2.41. The van der Waals surface area contributed by atoms with Crippen LogP contribution in [0.4, 0.5) is 0 Å².